The van der Waals surface area contributed by atoms with Crippen LogP contribution in [0.5, 0.6) is 0 Å². The minimum absolute atomic E-state index is 0.111. The second kappa shape index (κ2) is 5.94. The lowest BCUT2D eigenvalue weighted by molar-refractivity contribution is 0.0688. The number of aromatic nitrogens is 6. The van der Waals surface area contributed by atoms with Crippen LogP contribution in [0.4, 0.5) is 5.82 Å². The van der Waals surface area contributed by atoms with Gasteiger partial charge in [-0.3, -0.25) is 4.68 Å². The fraction of sp³-hybridized carbons (Fsp3) is 0.353. The minimum atomic E-state index is -1.00. The molecule has 4 heterocycles. The summed E-state index contributed by atoms with van der Waals surface area (Å²) in [6.45, 7) is 5.10. The first kappa shape index (κ1) is 16.2. The lowest BCUT2D eigenvalue weighted by Gasteiger charge is -2.28. The number of carbonyl (C=O) groups is 1. The van der Waals surface area contributed by atoms with Crippen LogP contribution >= 0.6 is 0 Å². The van der Waals surface area contributed by atoms with Crippen LogP contribution in [0, 0.1) is 13.8 Å². The van der Waals surface area contributed by atoms with Gasteiger partial charge in [0.05, 0.1) is 5.69 Å². The smallest absolute Gasteiger partial charge is 0.356 e. The third-order valence-electron chi connectivity index (χ3n) is 4.63. The van der Waals surface area contributed by atoms with E-state index in [1.54, 1.807) is 16.4 Å². The van der Waals surface area contributed by atoms with Crippen LogP contribution in [0.25, 0.3) is 5.82 Å². The second-order valence-corrected chi connectivity index (χ2v) is 6.46. The third-order valence-corrected chi connectivity index (χ3v) is 4.63. The van der Waals surface area contributed by atoms with E-state index in [1.165, 1.54) is 0 Å². The Kier molecular flexibility index (Phi) is 3.71. The van der Waals surface area contributed by atoms with E-state index in [0.29, 0.717) is 24.6 Å². The molecular weight excluding hydrogens is 334 g/mol. The van der Waals surface area contributed by atoms with Crippen LogP contribution in [0.2, 0.25) is 0 Å². The number of carboxylic acids is 1. The normalized spacial score (nSPS) is 13.7. The quantitative estimate of drug-likeness (QED) is 0.756. The molecule has 0 fully saturated rings. The number of nitrogens with zero attached hydrogens (tertiary/aromatic N) is 7. The summed E-state index contributed by atoms with van der Waals surface area (Å²) < 4.78 is 3.41. The number of rotatable bonds is 3. The fourth-order valence-corrected chi connectivity index (χ4v) is 3.42. The Balaban J connectivity index is 1.61. The highest BCUT2D eigenvalue weighted by Crippen LogP contribution is 2.25. The number of anilines is 1. The first-order valence-electron chi connectivity index (χ1n) is 8.34. The van der Waals surface area contributed by atoms with Crippen LogP contribution in [-0.4, -0.2) is 47.4 Å². The molecule has 4 rings (SSSR count). The Bertz CT molecular complexity index is 987. The molecule has 0 atom stereocenters. The van der Waals surface area contributed by atoms with Gasteiger partial charge in [-0.1, -0.05) is 0 Å². The van der Waals surface area contributed by atoms with E-state index in [2.05, 4.69) is 20.4 Å². The monoisotopic (exact) mass is 353 g/mol. The maximum atomic E-state index is 11.4. The Morgan fingerprint density at radius 2 is 1.88 bits per heavy atom. The Morgan fingerprint density at radius 1 is 1.15 bits per heavy atom. The van der Waals surface area contributed by atoms with Crippen molar-refractivity contribution < 1.29 is 9.90 Å². The molecule has 1 N–H and O–H groups in total. The summed E-state index contributed by atoms with van der Waals surface area (Å²) in [6.07, 6.45) is 0.715. The van der Waals surface area contributed by atoms with Crippen molar-refractivity contribution in [2.24, 2.45) is 7.05 Å². The van der Waals surface area contributed by atoms with E-state index in [9.17, 15) is 9.90 Å². The van der Waals surface area contributed by atoms with Gasteiger partial charge in [-0.05, 0) is 32.0 Å². The first-order valence-corrected chi connectivity index (χ1v) is 8.34. The standard InChI is InChI=1S/C17H19N7O2/c1-10-8-11(2)24(20-10)15-5-4-14(18-19-15)23-7-6-13-12(9-23)16(17(25)26)21-22(13)3/h4-5,8H,6-7,9H2,1-3H3,(H,25,26). The molecule has 3 aromatic rings. The number of aromatic carboxylic acids is 1. The van der Waals surface area contributed by atoms with Crippen molar-refractivity contribution in [2.45, 2.75) is 26.8 Å². The highest BCUT2D eigenvalue weighted by Gasteiger charge is 2.27. The molecule has 1 aliphatic heterocycles. The van der Waals surface area contributed by atoms with Crippen LogP contribution in [0.1, 0.15) is 33.1 Å². The number of fused-ring (bicyclic) bond motifs is 1. The van der Waals surface area contributed by atoms with Crippen molar-refractivity contribution in [3.63, 3.8) is 0 Å². The van der Waals surface area contributed by atoms with Crippen molar-refractivity contribution in [2.75, 3.05) is 11.4 Å². The molecule has 9 nitrogen and oxygen atoms in total. The average molecular weight is 353 g/mol. The maximum Gasteiger partial charge on any atom is 0.356 e. The zero-order valence-corrected chi connectivity index (χ0v) is 14.8. The molecule has 0 unspecified atom stereocenters. The molecule has 1 aliphatic rings. The summed E-state index contributed by atoms with van der Waals surface area (Å²) in [7, 11) is 1.78. The molecule has 0 saturated carbocycles. The molecule has 0 bridgehead atoms. The molecule has 0 aliphatic carbocycles. The predicted octanol–water partition coefficient (Wildman–Crippen LogP) is 1.27. The lowest BCUT2D eigenvalue weighted by Crippen LogP contribution is -2.32. The van der Waals surface area contributed by atoms with Crippen LogP contribution < -0.4 is 4.90 Å². The zero-order chi connectivity index (χ0) is 18.4. The molecule has 0 amide bonds. The Morgan fingerprint density at radius 3 is 2.50 bits per heavy atom. The summed E-state index contributed by atoms with van der Waals surface area (Å²) in [5, 5.41) is 26.5. The minimum Gasteiger partial charge on any atom is -0.476 e. The number of aryl methyl sites for hydroxylation is 3. The van der Waals surface area contributed by atoms with Crippen molar-refractivity contribution in [3.05, 3.63) is 46.5 Å². The van der Waals surface area contributed by atoms with E-state index in [0.717, 1.165) is 29.2 Å². The van der Waals surface area contributed by atoms with E-state index in [4.69, 9.17) is 0 Å². The Hall–Kier alpha value is -3.23. The van der Waals surface area contributed by atoms with Crippen LogP contribution in [0.3, 0.4) is 0 Å². The van der Waals surface area contributed by atoms with Gasteiger partial charge in [0.25, 0.3) is 0 Å². The molecule has 0 saturated heterocycles. The van der Waals surface area contributed by atoms with Gasteiger partial charge in [-0.15, -0.1) is 10.2 Å². The van der Waals surface area contributed by atoms with Gasteiger partial charge in [-0.2, -0.15) is 10.2 Å². The fourth-order valence-electron chi connectivity index (χ4n) is 3.42. The van der Waals surface area contributed by atoms with Gasteiger partial charge in [0.2, 0.25) is 0 Å². The van der Waals surface area contributed by atoms with Crippen molar-refractivity contribution >= 4 is 11.8 Å². The highest BCUT2D eigenvalue weighted by atomic mass is 16.4. The van der Waals surface area contributed by atoms with Crippen molar-refractivity contribution in [1.29, 1.82) is 0 Å². The average Bonchev–Trinajstić information content (AvgIpc) is 3.14. The Labute approximate surface area is 149 Å². The molecule has 26 heavy (non-hydrogen) atoms. The lowest BCUT2D eigenvalue weighted by atomic mass is 10.1. The van der Waals surface area contributed by atoms with Gasteiger partial charge in [0.15, 0.2) is 17.3 Å². The second-order valence-electron chi connectivity index (χ2n) is 6.46. The summed E-state index contributed by atoms with van der Waals surface area (Å²) in [5.74, 6) is 0.362. The van der Waals surface area contributed by atoms with E-state index in [1.807, 2.05) is 36.9 Å². The van der Waals surface area contributed by atoms with Gasteiger partial charge in [0.1, 0.15) is 0 Å². The zero-order valence-electron chi connectivity index (χ0n) is 14.8. The molecule has 3 aromatic heterocycles. The van der Waals surface area contributed by atoms with Crippen molar-refractivity contribution in [3.8, 4) is 5.82 Å². The summed E-state index contributed by atoms with van der Waals surface area (Å²) in [4.78, 5) is 13.5. The van der Waals surface area contributed by atoms with Gasteiger partial charge in [-0.25, -0.2) is 9.48 Å². The van der Waals surface area contributed by atoms with Crippen LogP contribution in [0.15, 0.2) is 18.2 Å². The highest BCUT2D eigenvalue weighted by molar-refractivity contribution is 5.87. The van der Waals surface area contributed by atoms with E-state index in [-0.39, 0.29) is 5.69 Å². The SMILES string of the molecule is Cc1cc(C)n(-c2ccc(N3CCc4c(c(C(=O)O)nn4C)C3)nn2)n1. The molecular formula is C17H19N7O2. The predicted molar refractivity (Wildman–Crippen MR) is 93.5 cm³/mol. The topological polar surface area (TPSA) is 102 Å². The third kappa shape index (κ3) is 2.61. The summed E-state index contributed by atoms with van der Waals surface area (Å²) in [5.41, 5.74) is 3.74. The maximum absolute atomic E-state index is 11.4. The van der Waals surface area contributed by atoms with Gasteiger partial charge < -0.3 is 10.0 Å². The summed E-state index contributed by atoms with van der Waals surface area (Å²) in [6, 6.07) is 5.75. The summed E-state index contributed by atoms with van der Waals surface area (Å²) >= 11 is 0. The first-order chi connectivity index (χ1) is 12.4. The molecule has 134 valence electrons. The van der Waals surface area contributed by atoms with E-state index < -0.39 is 5.97 Å². The van der Waals surface area contributed by atoms with Gasteiger partial charge >= 0.3 is 5.97 Å². The molecule has 0 spiro atoms. The van der Waals surface area contributed by atoms with E-state index >= 15 is 0 Å². The number of hydrogen-bond acceptors (Lipinski definition) is 6. The number of carboxylic acid groups (broad SMARTS) is 1. The van der Waals surface area contributed by atoms with Gasteiger partial charge in [0, 0.05) is 43.5 Å². The molecule has 0 aromatic carbocycles. The largest absolute Gasteiger partial charge is 0.476 e. The van der Waals surface area contributed by atoms with Crippen molar-refractivity contribution in [1.82, 2.24) is 29.8 Å². The molecule has 9 heteroatoms. The number of hydrogen-bond donors (Lipinski definition) is 1. The van der Waals surface area contributed by atoms with Crippen LogP contribution in [-0.2, 0) is 20.0 Å². The molecule has 0 radical (unpaired) electrons.